The highest BCUT2D eigenvalue weighted by Gasteiger charge is 2.06. The van der Waals surface area contributed by atoms with E-state index >= 15 is 0 Å². The van der Waals surface area contributed by atoms with Crippen LogP contribution in [0.25, 0.3) is 0 Å². The van der Waals surface area contributed by atoms with E-state index in [2.05, 4.69) is 5.43 Å². The summed E-state index contributed by atoms with van der Waals surface area (Å²) in [6.07, 6.45) is 0. The quantitative estimate of drug-likeness (QED) is 0.791. The van der Waals surface area contributed by atoms with Crippen molar-refractivity contribution in [1.29, 1.82) is 0 Å². The Morgan fingerprint density at radius 3 is 2.32 bits per heavy atom. The predicted molar refractivity (Wildman–Crippen MR) is 74.0 cm³/mol. The molecule has 0 aliphatic heterocycles. The number of hydrazine groups is 1. The van der Waals surface area contributed by atoms with E-state index in [0.717, 1.165) is 22.4 Å². The van der Waals surface area contributed by atoms with E-state index in [1.807, 2.05) is 26.0 Å². The summed E-state index contributed by atoms with van der Waals surface area (Å²) in [5.74, 6) is 0.737. The standard InChI is InChI=1S/C14H22N2O3/c1-10-6-12(7-11(2)14(10)18-5)8-19-9-13(17)15-16(3)4/h6-7H,8-9H2,1-5H3,(H,15,17). The molecule has 0 unspecified atom stereocenters. The average molecular weight is 266 g/mol. The van der Waals surface area contributed by atoms with Crippen molar-refractivity contribution < 1.29 is 14.3 Å². The van der Waals surface area contributed by atoms with Crippen LogP contribution in [0.1, 0.15) is 16.7 Å². The van der Waals surface area contributed by atoms with Crippen molar-refractivity contribution in [3.63, 3.8) is 0 Å². The predicted octanol–water partition coefficient (Wildman–Crippen LogP) is 1.42. The van der Waals surface area contributed by atoms with E-state index in [-0.39, 0.29) is 12.5 Å². The number of amides is 1. The van der Waals surface area contributed by atoms with Crippen LogP contribution >= 0.6 is 0 Å². The third-order valence-corrected chi connectivity index (χ3v) is 2.57. The summed E-state index contributed by atoms with van der Waals surface area (Å²) >= 11 is 0. The number of hydrogen-bond donors (Lipinski definition) is 1. The Balaban J connectivity index is 2.53. The van der Waals surface area contributed by atoms with Crippen molar-refractivity contribution in [3.8, 4) is 5.75 Å². The second-order valence-corrected chi connectivity index (χ2v) is 4.69. The molecule has 0 fully saturated rings. The zero-order valence-electron chi connectivity index (χ0n) is 12.2. The first-order chi connectivity index (χ1) is 8.93. The lowest BCUT2D eigenvalue weighted by atomic mass is 10.1. The lowest BCUT2D eigenvalue weighted by molar-refractivity contribution is -0.129. The van der Waals surface area contributed by atoms with Gasteiger partial charge in [0.25, 0.3) is 5.91 Å². The number of methoxy groups -OCH3 is 1. The smallest absolute Gasteiger partial charge is 0.260 e. The molecule has 0 radical (unpaired) electrons. The topological polar surface area (TPSA) is 50.8 Å². The Hall–Kier alpha value is -1.59. The minimum absolute atomic E-state index is 0.0440. The first-order valence-corrected chi connectivity index (χ1v) is 6.12. The van der Waals surface area contributed by atoms with Crippen molar-refractivity contribution in [2.75, 3.05) is 27.8 Å². The van der Waals surface area contributed by atoms with E-state index in [4.69, 9.17) is 9.47 Å². The number of ether oxygens (including phenoxy) is 2. The van der Waals surface area contributed by atoms with Crippen LogP contribution in [-0.2, 0) is 16.1 Å². The van der Waals surface area contributed by atoms with Crippen LogP contribution in [-0.4, -0.2) is 38.7 Å². The highest BCUT2D eigenvalue weighted by molar-refractivity contribution is 5.76. The van der Waals surface area contributed by atoms with Gasteiger partial charge in [0.05, 0.1) is 13.7 Å². The zero-order chi connectivity index (χ0) is 14.4. The number of nitrogens with zero attached hydrogens (tertiary/aromatic N) is 1. The molecule has 0 saturated heterocycles. The maximum Gasteiger partial charge on any atom is 0.260 e. The van der Waals surface area contributed by atoms with Crippen molar-refractivity contribution in [3.05, 3.63) is 28.8 Å². The molecule has 1 rings (SSSR count). The molecular formula is C14H22N2O3. The van der Waals surface area contributed by atoms with E-state index in [9.17, 15) is 4.79 Å². The maximum absolute atomic E-state index is 11.4. The van der Waals surface area contributed by atoms with Gasteiger partial charge in [-0.15, -0.1) is 0 Å². The molecule has 1 aromatic rings. The minimum atomic E-state index is -0.160. The Morgan fingerprint density at radius 2 is 1.84 bits per heavy atom. The summed E-state index contributed by atoms with van der Waals surface area (Å²) in [6.45, 7) is 4.44. The Kier molecular flexibility index (Phi) is 5.79. The molecular weight excluding hydrogens is 244 g/mol. The fraction of sp³-hybridized carbons (Fsp3) is 0.500. The van der Waals surface area contributed by atoms with Gasteiger partial charge in [-0.2, -0.15) is 0 Å². The Labute approximate surface area is 114 Å². The molecule has 0 aliphatic rings. The Morgan fingerprint density at radius 1 is 1.26 bits per heavy atom. The van der Waals surface area contributed by atoms with Crippen LogP contribution in [0.4, 0.5) is 0 Å². The summed E-state index contributed by atoms with van der Waals surface area (Å²) < 4.78 is 10.7. The summed E-state index contributed by atoms with van der Waals surface area (Å²) in [6, 6.07) is 4.02. The number of carbonyl (C=O) groups is 1. The summed E-state index contributed by atoms with van der Waals surface area (Å²) in [4.78, 5) is 11.4. The van der Waals surface area contributed by atoms with E-state index in [1.165, 1.54) is 0 Å². The second kappa shape index (κ2) is 7.11. The fourth-order valence-corrected chi connectivity index (χ4v) is 1.99. The van der Waals surface area contributed by atoms with Crippen LogP contribution in [0.15, 0.2) is 12.1 Å². The zero-order valence-corrected chi connectivity index (χ0v) is 12.2. The van der Waals surface area contributed by atoms with Crippen LogP contribution in [0.2, 0.25) is 0 Å². The molecule has 106 valence electrons. The van der Waals surface area contributed by atoms with Crippen LogP contribution < -0.4 is 10.2 Å². The van der Waals surface area contributed by atoms with Gasteiger partial charge in [-0.3, -0.25) is 10.2 Å². The molecule has 5 nitrogen and oxygen atoms in total. The maximum atomic E-state index is 11.4. The lowest BCUT2D eigenvalue weighted by Crippen LogP contribution is -2.38. The molecule has 0 atom stereocenters. The van der Waals surface area contributed by atoms with E-state index in [1.54, 1.807) is 26.2 Å². The van der Waals surface area contributed by atoms with E-state index < -0.39 is 0 Å². The van der Waals surface area contributed by atoms with Crippen molar-refractivity contribution >= 4 is 5.91 Å². The van der Waals surface area contributed by atoms with Gasteiger partial charge in [0, 0.05) is 14.1 Å². The highest BCUT2D eigenvalue weighted by Crippen LogP contribution is 2.24. The number of carbonyl (C=O) groups excluding carboxylic acids is 1. The molecule has 0 bridgehead atoms. The lowest BCUT2D eigenvalue weighted by Gasteiger charge is -2.13. The third kappa shape index (κ3) is 4.89. The fourth-order valence-electron chi connectivity index (χ4n) is 1.99. The molecule has 1 aromatic carbocycles. The first-order valence-electron chi connectivity index (χ1n) is 6.12. The summed E-state index contributed by atoms with van der Waals surface area (Å²) in [5, 5.41) is 1.59. The number of benzene rings is 1. The van der Waals surface area contributed by atoms with Gasteiger partial charge in [-0.05, 0) is 30.5 Å². The van der Waals surface area contributed by atoms with Gasteiger partial charge in [0.1, 0.15) is 12.4 Å². The normalized spacial score (nSPS) is 10.6. The molecule has 0 aliphatic carbocycles. The van der Waals surface area contributed by atoms with Gasteiger partial charge in [-0.1, -0.05) is 12.1 Å². The molecule has 1 N–H and O–H groups in total. The first kappa shape index (κ1) is 15.5. The SMILES string of the molecule is COc1c(C)cc(COCC(=O)NN(C)C)cc1C. The van der Waals surface area contributed by atoms with Gasteiger partial charge in [0.15, 0.2) is 0 Å². The van der Waals surface area contributed by atoms with Gasteiger partial charge in [0.2, 0.25) is 0 Å². The molecule has 5 heteroatoms. The number of hydrogen-bond acceptors (Lipinski definition) is 4. The molecule has 0 spiro atoms. The second-order valence-electron chi connectivity index (χ2n) is 4.69. The van der Waals surface area contributed by atoms with Gasteiger partial charge in [-0.25, -0.2) is 5.01 Å². The van der Waals surface area contributed by atoms with Crippen LogP contribution in [0.3, 0.4) is 0 Å². The van der Waals surface area contributed by atoms with Crippen LogP contribution in [0, 0.1) is 13.8 Å². The number of nitrogens with one attached hydrogen (secondary N) is 1. The molecule has 0 saturated carbocycles. The summed E-state index contributed by atoms with van der Waals surface area (Å²) in [5.41, 5.74) is 5.79. The van der Waals surface area contributed by atoms with Crippen LogP contribution in [0.5, 0.6) is 5.75 Å². The number of aryl methyl sites for hydroxylation is 2. The third-order valence-electron chi connectivity index (χ3n) is 2.57. The monoisotopic (exact) mass is 266 g/mol. The minimum Gasteiger partial charge on any atom is -0.496 e. The van der Waals surface area contributed by atoms with Crippen molar-refractivity contribution in [1.82, 2.24) is 10.4 Å². The molecule has 1 amide bonds. The van der Waals surface area contributed by atoms with Crippen molar-refractivity contribution in [2.45, 2.75) is 20.5 Å². The molecule has 19 heavy (non-hydrogen) atoms. The largest absolute Gasteiger partial charge is 0.496 e. The Bertz CT molecular complexity index is 421. The average Bonchev–Trinajstić information content (AvgIpc) is 2.27. The van der Waals surface area contributed by atoms with Gasteiger partial charge < -0.3 is 9.47 Å². The highest BCUT2D eigenvalue weighted by atomic mass is 16.5. The molecule has 0 heterocycles. The molecule has 0 aromatic heterocycles. The number of rotatable bonds is 6. The van der Waals surface area contributed by atoms with E-state index in [0.29, 0.717) is 6.61 Å². The summed E-state index contributed by atoms with van der Waals surface area (Å²) in [7, 11) is 5.18. The van der Waals surface area contributed by atoms with Crippen molar-refractivity contribution in [2.24, 2.45) is 0 Å². The van der Waals surface area contributed by atoms with Gasteiger partial charge >= 0.3 is 0 Å².